The molecule has 0 aliphatic rings. The van der Waals surface area contributed by atoms with Crippen LogP contribution in [0.2, 0.25) is 5.02 Å². The molecule has 4 rings (SSSR count). The first-order valence-electron chi connectivity index (χ1n) is 9.03. The summed E-state index contributed by atoms with van der Waals surface area (Å²) < 4.78 is 27.8. The minimum Gasteiger partial charge on any atom is -0.311 e. The van der Waals surface area contributed by atoms with Gasteiger partial charge in [-0.2, -0.15) is 0 Å². The molecular weight excluding hydrogens is 418 g/mol. The standard InChI is InChI=1S/C24H16ClNO3S/c1-3-16-5-4-6-17(13-16)21-15-24(27)26(2)23-12-11-20(14-22(21)23)30(28,29)19-9-7-18(25)8-10-19/h1,4-15H,2H3. The molecule has 4 nitrogen and oxygen atoms in total. The molecule has 30 heavy (non-hydrogen) atoms. The molecule has 4 aromatic rings. The van der Waals surface area contributed by atoms with Gasteiger partial charge in [-0.15, -0.1) is 6.42 Å². The van der Waals surface area contributed by atoms with Crippen LogP contribution in [-0.4, -0.2) is 13.0 Å². The molecule has 0 saturated heterocycles. The SMILES string of the molecule is C#Cc1cccc(-c2cc(=O)n(C)c3ccc(S(=O)(=O)c4ccc(Cl)cc4)cc23)c1. The monoisotopic (exact) mass is 433 g/mol. The molecular formula is C24H16ClNO3S. The zero-order chi connectivity index (χ0) is 21.5. The number of nitrogens with zero attached hydrogens (tertiary/aromatic N) is 1. The Bertz CT molecular complexity index is 1490. The molecule has 0 N–H and O–H groups in total. The average Bonchev–Trinajstić information content (AvgIpc) is 2.76. The summed E-state index contributed by atoms with van der Waals surface area (Å²) in [7, 11) is -2.11. The van der Waals surface area contributed by atoms with Crippen molar-refractivity contribution in [2.24, 2.45) is 7.05 Å². The Morgan fingerprint density at radius 3 is 2.33 bits per heavy atom. The van der Waals surface area contributed by atoms with Gasteiger partial charge in [-0.05, 0) is 65.7 Å². The predicted molar refractivity (Wildman–Crippen MR) is 119 cm³/mol. The van der Waals surface area contributed by atoms with Gasteiger partial charge >= 0.3 is 0 Å². The van der Waals surface area contributed by atoms with Crippen LogP contribution in [0.25, 0.3) is 22.0 Å². The number of rotatable bonds is 3. The van der Waals surface area contributed by atoms with Gasteiger partial charge in [0, 0.05) is 29.1 Å². The Balaban J connectivity index is 2.00. The lowest BCUT2D eigenvalue weighted by Crippen LogP contribution is -2.16. The number of benzene rings is 3. The number of pyridine rings is 1. The van der Waals surface area contributed by atoms with E-state index in [0.717, 1.165) is 5.56 Å². The lowest BCUT2D eigenvalue weighted by Gasteiger charge is -2.13. The third-order valence-electron chi connectivity index (χ3n) is 4.99. The zero-order valence-electron chi connectivity index (χ0n) is 16.0. The molecule has 0 aliphatic heterocycles. The van der Waals surface area contributed by atoms with E-state index in [9.17, 15) is 13.2 Å². The number of halogens is 1. The van der Waals surface area contributed by atoms with Gasteiger partial charge in [0.25, 0.3) is 5.56 Å². The van der Waals surface area contributed by atoms with E-state index in [0.29, 0.717) is 27.1 Å². The first-order valence-corrected chi connectivity index (χ1v) is 10.9. The van der Waals surface area contributed by atoms with Gasteiger partial charge < -0.3 is 4.57 Å². The van der Waals surface area contributed by atoms with Crippen LogP contribution < -0.4 is 5.56 Å². The highest BCUT2D eigenvalue weighted by Gasteiger charge is 2.20. The minimum atomic E-state index is -3.76. The van der Waals surface area contributed by atoms with Crippen LogP contribution in [-0.2, 0) is 16.9 Å². The summed E-state index contributed by atoms with van der Waals surface area (Å²) >= 11 is 5.89. The summed E-state index contributed by atoms with van der Waals surface area (Å²) in [6.45, 7) is 0. The number of hydrogen-bond donors (Lipinski definition) is 0. The summed E-state index contributed by atoms with van der Waals surface area (Å²) in [4.78, 5) is 12.8. The number of fused-ring (bicyclic) bond motifs is 1. The fraction of sp³-hybridized carbons (Fsp3) is 0.0417. The van der Waals surface area contributed by atoms with Crippen LogP contribution in [0.5, 0.6) is 0 Å². The van der Waals surface area contributed by atoms with Crippen molar-refractivity contribution < 1.29 is 8.42 Å². The molecule has 0 unspecified atom stereocenters. The molecule has 0 bridgehead atoms. The molecule has 6 heteroatoms. The van der Waals surface area contributed by atoms with Gasteiger partial charge in [0.15, 0.2) is 0 Å². The van der Waals surface area contributed by atoms with Crippen molar-refractivity contribution in [3.05, 3.63) is 93.7 Å². The van der Waals surface area contributed by atoms with Gasteiger partial charge in [-0.25, -0.2) is 8.42 Å². The van der Waals surface area contributed by atoms with Gasteiger partial charge in [0.1, 0.15) is 0 Å². The quantitative estimate of drug-likeness (QED) is 0.441. The van der Waals surface area contributed by atoms with Crippen LogP contribution in [0.15, 0.2) is 87.4 Å². The summed E-state index contributed by atoms with van der Waals surface area (Å²) in [5, 5.41) is 1.10. The fourth-order valence-electron chi connectivity index (χ4n) is 3.37. The first-order chi connectivity index (χ1) is 14.3. The molecule has 0 aliphatic carbocycles. The summed E-state index contributed by atoms with van der Waals surface area (Å²) in [6, 6.07) is 19.5. The fourth-order valence-corrected chi connectivity index (χ4v) is 4.79. The molecule has 3 aromatic carbocycles. The molecule has 0 radical (unpaired) electrons. The highest BCUT2D eigenvalue weighted by Crippen LogP contribution is 2.31. The van der Waals surface area contributed by atoms with Crippen molar-refractivity contribution in [1.82, 2.24) is 4.57 Å². The second-order valence-corrected chi connectivity index (χ2v) is 9.20. The van der Waals surface area contributed by atoms with E-state index in [1.54, 1.807) is 31.3 Å². The Labute approximate surface area is 179 Å². The van der Waals surface area contributed by atoms with Crippen LogP contribution in [0.1, 0.15) is 5.56 Å². The Kier molecular flexibility index (Phi) is 4.98. The van der Waals surface area contributed by atoms with Crippen molar-refractivity contribution in [3.8, 4) is 23.5 Å². The Hall–Kier alpha value is -3.33. The van der Waals surface area contributed by atoms with E-state index in [2.05, 4.69) is 5.92 Å². The van der Waals surface area contributed by atoms with E-state index in [-0.39, 0.29) is 15.4 Å². The van der Waals surface area contributed by atoms with Crippen molar-refractivity contribution in [2.45, 2.75) is 9.79 Å². The Morgan fingerprint density at radius 2 is 1.63 bits per heavy atom. The lowest BCUT2D eigenvalue weighted by molar-refractivity contribution is 0.596. The molecule has 0 spiro atoms. The normalized spacial score (nSPS) is 11.4. The van der Waals surface area contributed by atoms with E-state index in [4.69, 9.17) is 18.0 Å². The molecule has 0 amide bonds. The lowest BCUT2D eigenvalue weighted by atomic mass is 9.99. The van der Waals surface area contributed by atoms with Gasteiger partial charge in [-0.3, -0.25) is 4.79 Å². The van der Waals surface area contributed by atoms with Gasteiger partial charge in [-0.1, -0.05) is 29.7 Å². The van der Waals surface area contributed by atoms with Crippen LogP contribution in [0, 0.1) is 12.3 Å². The predicted octanol–water partition coefficient (Wildman–Crippen LogP) is 4.67. The third kappa shape index (κ3) is 3.41. The van der Waals surface area contributed by atoms with Crippen molar-refractivity contribution in [3.63, 3.8) is 0 Å². The van der Waals surface area contributed by atoms with E-state index < -0.39 is 9.84 Å². The molecule has 1 heterocycles. The van der Waals surface area contributed by atoms with Gasteiger partial charge in [0.2, 0.25) is 9.84 Å². The first kappa shape index (κ1) is 20.0. The molecule has 1 aromatic heterocycles. The molecule has 0 fully saturated rings. The summed E-state index contributed by atoms with van der Waals surface area (Å²) in [6.07, 6.45) is 5.52. The number of aromatic nitrogens is 1. The minimum absolute atomic E-state index is 0.130. The van der Waals surface area contributed by atoms with Crippen LogP contribution in [0.3, 0.4) is 0 Å². The maximum absolute atomic E-state index is 13.2. The second kappa shape index (κ2) is 7.49. The topological polar surface area (TPSA) is 56.1 Å². The van der Waals surface area contributed by atoms with Crippen molar-refractivity contribution in [1.29, 1.82) is 0 Å². The van der Waals surface area contributed by atoms with Crippen LogP contribution in [0.4, 0.5) is 0 Å². The van der Waals surface area contributed by atoms with E-state index in [1.807, 2.05) is 12.1 Å². The van der Waals surface area contributed by atoms with Gasteiger partial charge in [0.05, 0.1) is 15.3 Å². The zero-order valence-corrected chi connectivity index (χ0v) is 17.5. The maximum atomic E-state index is 13.2. The number of terminal acetylenes is 1. The van der Waals surface area contributed by atoms with E-state index in [1.165, 1.54) is 41.0 Å². The van der Waals surface area contributed by atoms with Crippen molar-refractivity contribution >= 4 is 32.3 Å². The Morgan fingerprint density at radius 1 is 0.933 bits per heavy atom. The molecule has 0 saturated carbocycles. The third-order valence-corrected chi connectivity index (χ3v) is 7.01. The van der Waals surface area contributed by atoms with Crippen LogP contribution >= 0.6 is 11.6 Å². The summed E-state index contributed by atoms with van der Waals surface area (Å²) in [5.74, 6) is 2.58. The average molecular weight is 434 g/mol. The molecule has 0 atom stereocenters. The molecule has 148 valence electrons. The highest BCUT2D eigenvalue weighted by atomic mass is 35.5. The maximum Gasteiger partial charge on any atom is 0.251 e. The smallest absolute Gasteiger partial charge is 0.251 e. The highest BCUT2D eigenvalue weighted by molar-refractivity contribution is 7.91. The second-order valence-electron chi connectivity index (χ2n) is 6.82. The summed E-state index contributed by atoms with van der Waals surface area (Å²) in [5.41, 5.74) is 2.47. The number of aryl methyl sites for hydroxylation is 1. The number of sulfone groups is 1. The number of hydrogen-bond acceptors (Lipinski definition) is 3. The largest absolute Gasteiger partial charge is 0.311 e. The van der Waals surface area contributed by atoms with Crippen molar-refractivity contribution in [2.75, 3.05) is 0 Å². The van der Waals surface area contributed by atoms with E-state index >= 15 is 0 Å².